The monoisotopic (exact) mass is 452 g/mol. The Kier molecular flexibility index (Phi) is 5.91. The molecule has 1 saturated heterocycles. The number of nitrogens with one attached hydrogen (secondary N) is 1. The van der Waals surface area contributed by atoms with Gasteiger partial charge in [0.25, 0.3) is 11.8 Å². The van der Waals surface area contributed by atoms with Gasteiger partial charge in [0.15, 0.2) is 0 Å². The first-order chi connectivity index (χ1) is 16.6. The van der Waals surface area contributed by atoms with Gasteiger partial charge < -0.3 is 14.6 Å². The molecule has 1 aromatic heterocycles. The summed E-state index contributed by atoms with van der Waals surface area (Å²) < 4.78 is 5.82. The maximum absolute atomic E-state index is 12.7. The number of anilines is 1. The lowest BCUT2D eigenvalue weighted by molar-refractivity contribution is 0.0792. The second-order valence-corrected chi connectivity index (χ2v) is 8.39. The lowest BCUT2D eigenvalue weighted by Gasteiger charge is -2.15. The molecule has 7 heteroatoms. The van der Waals surface area contributed by atoms with E-state index in [9.17, 15) is 9.59 Å². The Hall–Kier alpha value is -4.26. The zero-order chi connectivity index (χ0) is 23.5. The Bertz CT molecular complexity index is 1320. The first kappa shape index (κ1) is 21.6. The topological polar surface area (TPSA) is 88.3 Å². The number of likely N-dealkylation sites (tertiary alicyclic amines) is 1. The van der Waals surface area contributed by atoms with Crippen LogP contribution < -0.4 is 5.32 Å². The number of carbonyl (C=O) groups excluding carboxylic acids is 2. The minimum absolute atomic E-state index is 0.0394. The van der Waals surface area contributed by atoms with Crippen molar-refractivity contribution in [2.75, 3.05) is 18.4 Å². The fourth-order valence-electron chi connectivity index (χ4n) is 4.00. The van der Waals surface area contributed by atoms with E-state index in [2.05, 4.69) is 15.5 Å². The molecule has 1 N–H and O–H groups in total. The summed E-state index contributed by atoms with van der Waals surface area (Å²) >= 11 is 0. The highest BCUT2D eigenvalue weighted by Crippen LogP contribution is 2.25. The van der Waals surface area contributed by atoms with E-state index in [4.69, 9.17) is 4.42 Å². The largest absolute Gasteiger partial charge is 0.416 e. The third-order valence-corrected chi connectivity index (χ3v) is 5.87. The van der Waals surface area contributed by atoms with Crippen LogP contribution in [0.15, 0.2) is 77.2 Å². The second-order valence-electron chi connectivity index (χ2n) is 8.39. The third-order valence-electron chi connectivity index (χ3n) is 5.87. The molecule has 2 amide bonds. The van der Waals surface area contributed by atoms with Crippen LogP contribution in [0.2, 0.25) is 0 Å². The number of hydrogen-bond donors (Lipinski definition) is 1. The maximum Gasteiger partial charge on any atom is 0.255 e. The lowest BCUT2D eigenvalue weighted by atomic mass is 10.1. The molecule has 0 bridgehead atoms. The molecule has 3 aromatic carbocycles. The van der Waals surface area contributed by atoms with Crippen molar-refractivity contribution in [3.8, 4) is 22.9 Å². The molecule has 4 aromatic rings. The average molecular weight is 453 g/mol. The quantitative estimate of drug-likeness (QED) is 0.450. The maximum atomic E-state index is 12.7. The molecule has 1 aliphatic heterocycles. The number of aryl methyl sites for hydroxylation is 1. The van der Waals surface area contributed by atoms with Crippen LogP contribution in [-0.4, -0.2) is 40.0 Å². The van der Waals surface area contributed by atoms with E-state index in [0.29, 0.717) is 28.6 Å². The molecule has 7 nitrogen and oxygen atoms in total. The Morgan fingerprint density at radius 3 is 2.15 bits per heavy atom. The van der Waals surface area contributed by atoms with E-state index < -0.39 is 0 Å². The number of rotatable bonds is 5. The van der Waals surface area contributed by atoms with Crippen LogP contribution in [0.25, 0.3) is 22.9 Å². The number of benzene rings is 3. The number of carbonyl (C=O) groups is 2. The van der Waals surface area contributed by atoms with Gasteiger partial charge in [-0.2, -0.15) is 0 Å². The van der Waals surface area contributed by atoms with Crippen molar-refractivity contribution in [3.05, 3.63) is 89.5 Å². The van der Waals surface area contributed by atoms with Gasteiger partial charge >= 0.3 is 0 Å². The van der Waals surface area contributed by atoms with Crippen LogP contribution in [0.3, 0.4) is 0 Å². The molecule has 2 heterocycles. The summed E-state index contributed by atoms with van der Waals surface area (Å²) in [4.78, 5) is 27.0. The van der Waals surface area contributed by atoms with Gasteiger partial charge in [-0.15, -0.1) is 10.2 Å². The molecule has 170 valence electrons. The summed E-state index contributed by atoms with van der Waals surface area (Å²) in [6, 6.07) is 21.8. The second kappa shape index (κ2) is 9.31. The zero-order valence-electron chi connectivity index (χ0n) is 18.8. The zero-order valence-corrected chi connectivity index (χ0v) is 18.8. The Morgan fingerprint density at radius 1 is 0.824 bits per heavy atom. The normalized spacial score (nSPS) is 13.1. The molecular formula is C27H24N4O3. The number of nitrogens with zero attached hydrogens (tertiary/aromatic N) is 3. The van der Waals surface area contributed by atoms with Crippen molar-refractivity contribution < 1.29 is 14.0 Å². The van der Waals surface area contributed by atoms with Crippen molar-refractivity contribution in [2.24, 2.45) is 0 Å². The molecule has 0 spiro atoms. The van der Waals surface area contributed by atoms with Gasteiger partial charge in [0.05, 0.1) is 0 Å². The van der Waals surface area contributed by atoms with Crippen molar-refractivity contribution in [3.63, 3.8) is 0 Å². The fourth-order valence-corrected chi connectivity index (χ4v) is 4.00. The summed E-state index contributed by atoms with van der Waals surface area (Å²) in [5, 5.41) is 11.1. The van der Waals surface area contributed by atoms with Gasteiger partial charge in [-0.1, -0.05) is 17.7 Å². The minimum Gasteiger partial charge on any atom is -0.416 e. The number of hydrogen-bond acceptors (Lipinski definition) is 5. The van der Waals surface area contributed by atoms with E-state index >= 15 is 0 Å². The van der Waals surface area contributed by atoms with Crippen molar-refractivity contribution in [2.45, 2.75) is 19.8 Å². The van der Waals surface area contributed by atoms with Gasteiger partial charge in [-0.25, -0.2) is 0 Å². The molecular weight excluding hydrogens is 428 g/mol. The van der Waals surface area contributed by atoms with Gasteiger partial charge in [0.1, 0.15) is 0 Å². The smallest absolute Gasteiger partial charge is 0.255 e. The minimum atomic E-state index is -0.240. The number of aromatic nitrogens is 2. The Labute approximate surface area is 197 Å². The van der Waals surface area contributed by atoms with Crippen LogP contribution in [0.1, 0.15) is 39.1 Å². The predicted molar refractivity (Wildman–Crippen MR) is 129 cm³/mol. The Balaban J connectivity index is 1.24. The molecule has 5 rings (SSSR count). The summed E-state index contributed by atoms with van der Waals surface area (Å²) in [6.07, 6.45) is 2.11. The average Bonchev–Trinajstić information content (AvgIpc) is 3.57. The first-order valence-electron chi connectivity index (χ1n) is 11.3. The first-order valence-corrected chi connectivity index (χ1v) is 11.3. The van der Waals surface area contributed by atoms with E-state index in [0.717, 1.165) is 42.6 Å². The standard InChI is InChI=1S/C27H24N4O3/c1-18-5-4-6-22(17-18)26-30-29-25(34-26)20-9-7-19(8-10-20)24(32)28-23-13-11-21(12-14-23)27(33)31-15-2-3-16-31/h4-14,17H,2-3,15-16H2,1H3,(H,28,32). The fraction of sp³-hybridized carbons (Fsp3) is 0.185. The predicted octanol–water partition coefficient (Wildman–Crippen LogP) is 5.20. The Morgan fingerprint density at radius 2 is 1.47 bits per heavy atom. The van der Waals surface area contributed by atoms with Crippen LogP contribution in [0.5, 0.6) is 0 Å². The van der Waals surface area contributed by atoms with Gasteiger partial charge in [0.2, 0.25) is 11.8 Å². The third kappa shape index (κ3) is 4.59. The summed E-state index contributed by atoms with van der Waals surface area (Å²) in [5.41, 5.74) is 4.47. The highest BCUT2D eigenvalue weighted by atomic mass is 16.4. The van der Waals surface area contributed by atoms with E-state index in [-0.39, 0.29) is 11.8 Å². The summed E-state index contributed by atoms with van der Waals surface area (Å²) in [6.45, 7) is 3.63. The highest BCUT2D eigenvalue weighted by molar-refractivity contribution is 6.04. The molecule has 0 aliphatic carbocycles. The van der Waals surface area contributed by atoms with E-state index in [1.54, 1.807) is 48.5 Å². The number of amides is 2. The molecule has 34 heavy (non-hydrogen) atoms. The van der Waals surface area contributed by atoms with Crippen molar-refractivity contribution in [1.29, 1.82) is 0 Å². The lowest BCUT2D eigenvalue weighted by Crippen LogP contribution is -2.27. The summed E-state index contributed by atoms with van der Waals surface area (Å²) in [7, 11) is 0. The van der Waals surface area contributed by atoms with Gasteiger partial charge in [0, 0.05) is 41.0 Å². The van der Waals surface area contributed by atoms with Crippen molar-refractivity contribution >= 4 is 17.5 Å². The summed E-state index contributed by atoms with van der Waals surface area (Å²) in [5.74, 6) is 0.641. The highest BCUT2D eigenvalue weighted by Gasteiger charge is 2.19. The van der Waals surface area contributed by atoms with Crippen LogP contribution in [0, 0.1) is 6.92 Å². The van der Waals surface area contributed by atoms with Gasteiger partial charge in [-0.05, 0) is 80.4 Å². The van der Waals surface area contributed by atoms with Crippen LogP contribution in [0.4, 0.5) is 5.69 Å². The molecule has 0 atom stereocenters. The molecule has 1 fully saturated rings. The molecule has 0 saturated carbocycles. The molecule has 0 unspecified atom stereocenters. The van der Waals surface area contributed by atoms with Crippen LogP contribution >= 0.6 is 0 Å². The van der Waals surface area contributed by atoms with Gasteiger partial charge in [-0.3, -0.25) is 9.59 Å². The SMILES string of the molecule is Cc1cccc(-c2nnc(-c3ccc(C(=O)Nc4ccc(C(=O)N5CCCC5)cc4)cc3)o2)c1. The molecule has 1 aliphatic rings. The van der Waals surface area contributed by atoms with Crippen LogP contribution in [-0.2, 0) is 0 Å². The van der Waals surface area contributed by atoms with E-state index in [1.807, 2.05) is 36.1 Å². The van der Waals surface area contributed by atoms with E-state index in [1.165, 1.54) is 0 Å². The van der Waals surface area contributed by atoms with Crippen molar-refractivity contribution in [1.82, 2.24) is 15.1 Å². The molecule has 0 radical (unpaired) electrons.